The van der Waals surface area contributed by atoms with Gasteiger partial charge in [-0.1, -0.05) is 18.2 Å². The first-order chi connectivity index (χ1) is 11.4. The molecule has 1 aromatic carbocycles. The number of benzene rings is 1. The number of hydrogen-bond donors (Lipinski definition) is 2. The van der Waals surface area contributed by atoms with Crippen LogP contribution in [0.1, 0.15) is 23.1 Å². The van der Waals surface area contributed by atoms with E-state index in [1.165, 1.54) is 28.6 Å². The number of allylic oxidation sites excluding steroid dienone is 1. The van der Waals surface area contributed by atoms with E-state index in [-0.39, 0.29) is 11.3 Å². The highest BCUT2D eigenvalue weighted by Crippen LogP contribution is 2.27. The molecule has 24 heavy (non-hydrogen) atoms. The average molecular weight is 326 g/mol. The van der Waals surface area contributed by atoms with Gasteiger partial charge in [0.25, 0.3) is 5.56 Å². The number of hydrogen-bond acceptors (Lipinski definition) is 3. The fourth-order valence-corrected chi connectivity index (χ4v) is 2.87. The quantitative estimate of drug-likeness (QED) is 0.908. The van der Waals surface area contributed by atoms with E-state index in [9.17, 15) is 14.7 Å². The van der Waals surface area contributed by atoms with Gasteiger partial charge < -0.3 is 15.1 Å². The molecule has 0 radical (unpaired) electrons. The van der Waals surface area contributed by atoms with E-state index < -0.39 is 6.09 Å². The van der Waals surface area contributed by atoms with Gasteiger partial charge in [0.1, 0.15) is 5.75 Å². The van der Waals surface area contributed by atoms with Crippen molar-refractivity contribution in [3.8, 4) is 5.75 Å². The molecule has 1 aromatic heterocycles. The van der Waals surface area contributed by atoms with E-state index in [0.717, 1.165) is 28.8 Å². The zero-order valence-corrected chi connectivity index (χ0v) is 13.3. The van der Waals surface area contributed by atoms with Gasteiger partial charge in [0.15, 0.2) is 0 Å². The first-order valence-corrected chi connectivity index (χ1v) is 7.62. The van der Waals surface area contributed by atoms with E-state index >= 15 is 0 Å². The first kappa shape index (κ1) is 15.9. The molecule has 0 spiro atoms. The molecule has 1 aliphatic carbocycles. The van der Waals surface area contributed by atoms with Crippen LogP contribution in [0.3, 0.4) is 0 Å². The van der Waals surface area contributed by atoms with Crippen molar-refractivity contribution in [2.24, 2.45) is 0 Å². The number of carbonyl (C=O) groups is 1. The molecule has 124 valence electrons. The van der Waals surface area contributed by atoms with Gasteiger partial charge in [0.05, 0.1) is 0 Å². The van der Waals surface area contributed by atoms with Crippen LogP contribution in [0.4, 0.5) is 4.79 Å². The second-order valence-corrected chi connectivity index (χ2v) is 5.90. The van der Waals surface area contributed by atoms with Crippen LogP contribution in [0.2, 0.25) is 0 Å². The summed E-state index contributed by atoms with van der Waals surface area (Å²) in [6, 6.07) is 8.55. The molecule has 2 N–H and O–H groups in total. The third-order valence-corrected chi connectivity index (χ3v) is 4.14. The summed E-state index contributed by atoms with van der Waals surface area (Å²) < 4.78 is 1.54. The van der Waals surface area contributed by atoms with E-state index in [1.807, 2.05) is 24.3 Å². The molecule has 6 heteroatoms. The van der Waals surface area contributed by atoms with Gasteiger partial charge >= 0.3 is 6.09 Å². The minimum absolute atomic E-state index is 0.0414. The summed E-state index contributed by atoms with van der Waals surface area (Å²) in [5, 5.41) is 18.3. The first-order valence-electron chi connectivity index (χ1n) is 7.62. The zero-order chi connectivity index (χ0) is 17.3. The summed E-state index contributed by atoms with van der Waals surface area (Å²) in [5.74, 6) is -0.0414. The number of aryl methyl sites for hydroxylation is 1. The molecule has 0 bridgehead atoms. The molecule has 0 atom stereocenters. The molecule has 1 aliphatic rings. The fraction of sp³-hybridized carbons (Fsp3) is 0.222. The predicted molar refractivity (Wildman–Crippen MR) is 90.8 cm³/mol. The van der Waals surface area contributed by atoms with E-state index in [1.54, 1.807) is 6.20 Å². The van der Waals surface area contributed by atoms with Gasteiger partial charge in [-0.25, -0.2) is 4.79 Å². The predicted octanol–water partition coefficient (Wildman–Crippen LogP) is 2.61. The maximum atomic E-state index is 12.0. The highest BCUT2D eigenvalue weighted by atomic mass is 16.4. The van der Waals surface area contributed by atoms with Crippen LogP contribution >= 0.6 is 0 Å². The van der Waals surface area contributed by atoms with Crippen LogP contribution in [-0.2, 0) is 13.0 Å². The van der Waals surface area contributed by atoms with Crippen LogP contribution < -0.4 is 5.56 Å². The molecule has 2 aromatic rings. The van der Waals surface area contributed by atoms with Gasteiger partial charge in [-0.05, 0) is 41.7 Å². The van der Waals surface area contributed by atoms with E-state index in [4.69, 9.17) is 5.11 Å². The number of carboxylic acid groups (broad SMARTS) is 1. The van der Waals surface area contributed by atoms with Crippen LogP contribution in [0.5, 0.6) is 5.75 Å². The standard InChI is InChI=1S/C18H18N2O4/c1-19(18(23)24)11-12-2-3-14-9-15(5-4-13(14)8-12)20-7-6-16(21)10-17(20)22/h2-3,6-10,21H,4-5,11H2,1H3,(H,23,24). The summed E-state index contributed by atoms with van der Waals surface area (Å²) in [4.78, 5) is 24.1. The Morgan fingerprint density at radius 2 is 2.04 bits per heavy atom. The largest absolute Gasteiger partial charge is 0.508 e. The Kier molecular flexibility index (Phi) is 4.12. The minimum atomic E-state index is -0.957. The molecule has 0 unspecified atom stereocenters. The van der Waals surface area contributed by atoms with Crippen LogP contribution in [0, 0.1) is 0 Å². The lowest BCUT2D eigenvalue weighted by Gasteiger charge is -2.20. The third-order valence-electron chi connectivity index (χ3n) is 4.14. The van der Waals surface area contributed by atoms with Crippen LogP contribution in [-0.4, -0.2) is 32.8 Å². The molecular formula is C18H18N2O4. The molecular weight excluding hydrogens is 308 g/mol. The number of rotatable bonds is 3. The average Bonchev–Trinajstić information content (AvgIpc) is 2.54. The van der Waals surface area contributed by atoms with Crippen molar-refractivity contribution in [3.63, 3.8) is 0 Å². The Bertz CT molecular complexity index is 883. The molecule has 6 nitrogen and oxygen atoms in total. The Balaban J connectivity index is 1.89. The molecule has 0 saturated carbocycles. The SMILES string of the molecule is CN(Cc1ccc2c(c1)CCC(n1ccc(O)cc1=O)=C2)C(=O)O. The molecule has 3 rings (SSSR count). The number of aromatic nitrogens is 1. The molecule has 1 heterocycles. The fourth-order valence-electron chi connectivity index (χ4n) is 2.87. The lowest BCUT2D eigenvalue weighted by Crippen LogP contribution is -2.24. The lowest BCUT2D eigenvalue weighted by molar-refractivity contribution is 0.153. The number of nitrogens with zero attached hydrogens (tertiary/aromatic N) is 2. The highest BCUT2D eigenvalue weighted by Gasteiger charge is 2.14. The van der Waals surface area contributed by atoms with Crippen molar-refractivity contribution in [1.82, 2.24) is 9.47 Å². The monoisotopic (exact) mass is 326 g/mol. The van der Waals surface area contributed by atoms with Crippen molar-refractivity contribution in [1.29, 1.82) is 0 Å². The van der Waals surface area contributed by atoms with Gasteiger partial charge in [-0.2, -0.15) is 0 Å². The molecule has 0 fully saturated rings. The normalized spacial score (nSPS) is 13.1. The van der Waals surface area contributed by atoms with Crippen molar-refractivity contribution in [2.45, 2.75) is 19.4 Å². The summed E-state index contributed by atoms with van der Waals surface area (Å²) in [5.41, 5.74) is 3.73. The number of fused-ring (bicyclic) bond motifs is 1. The highest BCUT2D eigenvalue weighted by molar-refractivity contribution is 5.75. The Morgan fingerprint density at radius 3 is 2.75 bits per heavy atom. The van der Waals surface area contributed by atoms with Crippen LogP contribution in [0.25, 0.3) is 11.8 Å². The summed E-state index contributed by atoms with van der Waals surface area (Å²) in [7, 11) is 1.54. The third kappa shape index (κ3) is 3.17. The topological polar surface area (TPSA) is 82.8 Å². The Labute approximate surface area is 138 Å². The molecule has 0 aliphatic heterocycles. The minimum Gasteiger partial charge on any atom is -0.508 e. The summed E-state index contributed by atoms with van der Waals surface area (Å²) in [6.45, 7) is 0.344. The van der Waals surface area contributed by atoms with Crippen molar-refractivity contribution in [2.75, 3.05) is 7.05 Å². The van der Waals surface area contributed by atoms with Gasteiger partial charge in [0.2, 0.25) is 0 Å². The maximum absolute atomic E-state index is 12.0. The van der Waals surface area contributed by atoms with Crippen molar-refractivity contribution >= 4 is 17.9 Å². The van der Waals surface area contributed by atoms with Gasteiger partial charge in [-0.15, -0.1) is 0 Å². The lowest BCUT2D eigenvalue weighted by atomic mass is 9.93. The smallest absolute Gasteiger partial charge is 0.407 e. The van der Waals surface area contributed by atoms with Crippen LogP contribution in [0.15, 0.2) is 41.3 Å². The second kappa shape index (κ2) is 6.23. The summed E-state index contributed by atoms with van der Waals surface area (Å²) in [6.07, 6.45) is 4.06. The number of pyridine rings is 1. The maximum Gasteiger partial charge on any atom is 0.407 e. The van der Waals surface area contributed by atoms with Gasteiger partial charge in [-0.3, -0.25) is 9.36 Å². The van der Waals surface area contributed by atoms with E-state index in [0.29, 0.717) is 13.0 Å². The van der Waals surface area contributed by atoms with Crippen molar-refractivity contribution < 1.29 is 15.0 Å². The Morgan fingerprint density at radius 1 is 1.25 bits per heavy atom. The van der Waals surface area contributed by atoms with E-state index in [2.05, 4.69) is 0 Å². The molecule has 1 amide bonds. The number of aromatic hydroxyl groups is 1. The molecule has 0 saturated heterocycles. The van der Waals surface area contributed by atoms with Gasteiger partial charge in [0, 0.05) is 31.6 Å². The van der Waals surface area contributed by atoms with Crippen molar-refractivity contribution in [3.05, 3.63) is 63.6 Å². The number of amides is 1. The Hall–Kier alpha value is -3.02. The second-order valence-electron chi connectivity index (χ2n) is 5.90. The zero-order valence-electron chi connectivity index (χ0n) is 13.3. The summed E-state index contributed by atoms with van der Waals surface area (Å²) >= 11 is 0.